The van der Waals surface area contributed by atoms with Crippen LogP contribution in [0.2, 0.25) is 0 Å². The highest BCUT2D eigenvalue weighted by atomic mass is 32.2. The molecule has 1 aliphatic heterocycles. The summed E-state index contributed by atoms with van der Waals surface area (Å²) in [5.41, 5.74) is 2.16. The van der Waals surface area contributed by atoms with Crippen LogP contribution in [0.5, 0.6) is 0 Å². The summed E-state index contributed by atoms with van der Waals surface area (Å²) in [6.07, 6.45) is 6.84. The molecule has 1 heterocycles. The van der Waals surface area contributed by atoms with Gasteiger partial charge in [-0.3, -0.25) is 10.6 Å². The molecular weight excluding hydrogens is 283 g/mol. The maximum Gasteiger partial charge on any atom is 0.126 e. The van der Waals surface area contributed by atoms with Crippen LogP contribution in [0.4, 0.5) is 4.39 Å². The molecule has 1 aliphatic carbocycles. The number of alkyl halides is 1. The third-order valence-corrected chi connectivity index (χ3v) is 5.03. The van der Waals surface area contributed by atoms with E-state index in [2.05, 4.69) is 34.9 Å². The molecule has 0 spiro atoms. The second-order valence-electron chi connectivity index (χ2n) is 5.39. The average Bonchev–Trinajstić information content (AvgIpc) is 2.55. The van der Waals surface area contributed by atoms with E-state index in [1.807, 2.05) is 18.2 Å². The Hall–Kier alpha value is -1.10. The molecule has 1 aromatic rings. The molecule has 1 fully saturated rings. The largest absolute Gasteiger partial charge is 0.298 e. The quantitative estimate of drug-likeness (QED) is 0.831. The Morgan fingerprint density at radius 2 is 2.00 bits per heavy atom. The minimum Gasteiger partial charge on any atom is -0.298 e. The fourth-order valence-electron chi connectivity index (χ4n) is 2.67. The Bertz CT molecular complexity index is 535. The minimum absolute atomic E-state index is 0.212. The maximum atomic E-state index is 13.8. The van der Waals surface area contributed by atoms with Crippen LogP contribution < -0.4 is 10.6 Å². The van der Waals surface area contributed by atoms with Crippen molar-refractivity contribution < 1.29 is 4.39 Å². The normalized spacial score (nSPS) is 23.1. The molecule has 2 aliphatic rings. The van der Waals surface area contributed by atoms with Crippen molar-refractivity contribution >= 4 is 11.8 Å². The molecule has 0 bridgehead atoms. The number of nitrogens with one attached hydrogen (secondary N) is 2. The highest BCUT2D eigenvalue weighted by Crippen LogP contribution is 2.30. The molecule has 112 valence electrons. The van der Waals surface area contributed by atoms with Crippen molar-refractivity contribution in [3.8, 4) is 0 Å². The van der Waals surface area contributed by atoms with Crippen molar-refractivity contribution in [1.29, 1.82) is 0 Å². The van der Waals surface area contributed by atoms with Gasteiger partial charge < -0.3 is 0 Å². The molecule has 0 saturated carbocycles. The molecule has 0 amide bonds. The van der Waals surface area contributed by atoms with Gasteiger partial charge in [0.2, 0.25) is 0 Å². The Labute approximate surface area is 129 Å². The van der Waals surface area contributed by atoms with Gasteiger partial charge in [-0.1, -0.05) is 36.4 Å². The second-order valence-corrected chi connectivity index (χ2v) is 6.41. The van der Waals surface area contributed by atoms with Crippen molar-refractivity contribution in [3.05, 3.63) is 53.6 Å². The fourth-order valence-corrected chi connectivity index (χ4v) is 3.80. The van der Waals surface area contributed by atoms with Gasteiger partial charge in [-0.15, -0.1) is 11.8 Å². The van der Waals surface area contributed by atoms with Crippen LogP contribution in [-0.4, -0.2) is 25.0 Å². The molecule has 0 radical (unpaired) electrons. The zero-order valence-electron chi connectivity index (χ0n) is 12.0. The van der Waals surface area contributed by atoms with E-state index in [0.717, 1.165) is 30.8 Å². The van der Waals surface area contributed by atoms with E-state index in [9.17, 15) is 4.39 Å². The second kappa shape index (κ2) is 7.25. The van der Waals surface area contributed by atoms with Gasteiger partial charge in [0.25, 0.3) is 0 Å². The number of halogens is 1. The SMILES string of the molecule is FC1CC=CC=C1CSc1ccccc1C1NCCCN1. The first-order valence-corrected chi connectivity index (χ1v) is 8.51. The Balaban J connectivity index is 1.70. The smallest absolute Gasteiger partial charge is 0.126 e. The lowest BCUT2D eigenvalue weighted by molar-refractivity contribution is 0.376. The summed E-state index contributed by atoms with van der Waals surface area (Å²) in [7, 11) is 0. The highest BCUT2D eigenvalue weighted by Gasteiger charge is 2.18. The third kappa shape index (κ3) is 3.76. The number of rotatable bonds is 4. The van der Waals surface area contributed by atoms with Crippen molar-refractivity contribution in [1.82, 2.24) is 10.6 Å². The van der Waals surface area contributed by atoms with Gasteiger partial charge in [0.15, 0.2) is 0 Å². The van der Waals surface area contributed by atoms with E-state index in [-0.39, 0.29) is 6.17 Å². The first-order valence-electron chi connectivity index (χ1n) is 7.53. The van der Waals surface area contributed by atoms with Crippen LogP contribution in [0.1, 0.15) is 24.6 Å². The highest BCUT2D eigenvalue weighted by molar-refractivity contribution is 7.99. The van der Waals surface area contributed by atoms with Gasteiger partial charge in [0.1, 0.15) is 6.17 Å². The van der Waals surface area contributed by atoms with Crippen LogP contribution in [0.3, 0.4) is 0 Å². The predicted octanol–water partition coefficient (Wildman–Crippen LogP) is 3.58. The maximum absolute atomic E-state index is 13.8. The molecule has 2 N–H and O–H groups in total. The van der Waals surface area contributed by atoms with Gasteiger partial charge in [0, 0.05) is 17.1 Å². The first kappa shape index (κ1) is 14.8. The summed E-state index contributed by atoms with van der Waals surface area (Å²) in [4.78, 5) is 1.23. The molecule has 1 saturated heterocycles. The number of hydrogen-bond acceptors (Lipinski definition) is 3. The topological polar surface area (TPSA) is 24.1 Å². The number of allylic oxidation sites excluding steroid dienone is 3. The fraction of sp³-hybridized carbons (Fsp3) is 0.412. The first-order chi connectivity index (χ1) is 10.3. The number of benzene rings is 1. The Morgan fingerprint density at radius 1 is 1.19 bits per heavy atom. The summed E-state index contributed by atoms with van der Waals surface area (Å²) in [5.74, 6) is 0.718. The van der Waals surface area contributed by atoms with Gasteiger partial charge in [0.05, 0.1) is 6.17 Å². The van der Waals surface area contributed by atoms with Crippen LogP contribution in [0.15, 0.2) is 53.0 Å². The third-order valence-electron chi connectivity index (χ3n) is 3.87. The van der Waals surface area contributed by atoms with Crippen molar-refractivity contribution in [3.63, 3.8) is 0 Å². The molecule has 3 rings (SSSR count). The van der Waals surface area contributed by atoms with E-state index in [4.69, 9.17) is 0 Å². The monoisotopic (exact) mass is 304 g/mol. The van der Waals surface area contributed by atoms with Gasteiger partial charge in [-0.2, -0.15) is 0 Å². The average molecular weight is 304 g/mol. The van der Waals surface area contributed by atoms with E-state index in [1.165, 1.54) is 10.5 Å². The zero-order valence-corrected chi connectivity index (χ0v) is 12.8. The molecule has 1 unspecified atom stereocenters. The van der Waals surface area contributed by atoms with E-state index in [1.54, 1.807) is 11.8 Å². The molecule has 0 aromatic heterocycles. The summed E-state index contributed by atoms with van der Waals surface area (Å²) in [6, 6.07) is 8.40. The van der Waals surface area contributed by atoms with E-state index >= 15 is 0 Å². The van der Waals surface area contributed by atoms with Crippen molar-refractivity contribution in [2.45, 2.75) is 30.1 Å². The lowest BCUT2D eigenvalue weighted by Gasteiger charge is -2.27. The number of thioether (sulfide) groups is 1. The van der Waals surface area contributed by atoms with Gasteiger partial charge in [-0.25, -0.2) is 4.39 Å². The Morgan fingerprint density at radius 3 is 2.81 bits per heavy atom. The van der Waals surface area contributed by atoms with Crippen LogP contribution >= 0.6 is 11.8 Å². The van der Waals surface area contributed by atoms with Crippen LogP contribution in [-0.2, 0) is 0 Å². The molecule has 1 atom stereocenters. The van der Waals surface area contributed by atoms with Gasteiger partial charge >= 0.3 is 0 Å². The van der Waals surface area contributed by atoms with E-state index < -0.39 is 6.17 Å². The summed E-state index contributed by atoms with van der Waals surface area (Å²) < 4.78 is 13.8. The summed E-state index contributed by atoms with van der Waals surface area (Å²) in [6.45, 7) is 2.08. The molecule has 21 heavy (non-hydrogen) atoms. The molecule has 1 aromatic carbocycles. The van der Waals surface area contributed by atoms with E-state index in [0.29, 0.717) is 6.42 Å². The summed E-state index contributed by atoms with van der Waals surface area (Å²) in [5, 5.41) is 7.00. The molecular formula is C17H21FN2S. The molecule has 2 nitrogen and oxygen atoms in total. The minimum atomic E-state index is -0.819. The van der Waals surface area contributed by atoms with Crippen LogP contribution in [0.25, 0.3) is 0 Å². The summed E-state index contributed by atoms with van der Waals surface area (Å²) >= 11 is 1.73. The van der Waals surface area contributed by atoms with Crippen LogP contribution in [0, 0.1) is 0 Å². The van der Waals surface area contributed by atoms with Gasteiger partial charge in [-0.05, 0) is 36.7 Å². The van der Waals surface area contributed by atoms with Crippen molar-refractivity contribution in [2.75, 3.05) is 18.8 Å². The lowest BCUT2D eigenvalue weighted by Crippen LogP contribution is -2.41. The zero-order chi connectivity index (χ0) is 14.5. The Kier molecular flexibility index (Phi) is 5.12. The number of hydrogen-bond donors (Lipinski definition) is 2. The standard InChI is InChI=1S/C17H21FN2S/c18-15-8-3-1-6-13(15)12-21-16-9-4-2-7-14(16)17-19-10-5-11-20-17/h1-4,6-7,9,15,17,19-20H,5,8,10-12H2. The lowest BCUT2D eigenvalue weighted by atomic mass is 10.1. The predicted molar refractivity (Wildman–Crippen MR) is 87.3 cm³/mol. The molecule has 4 heteroatoms. The van der Waals surface area contributed by atoms with Crippen molar-refractivity contribution in [2.24, 2.45) is 0 Å².